The van der Waals surface area contributed by atoms with Crippen molar-refractivity contribution < 1.29 is 32.6 Å². The Morgan fingerprint density at radius 1 is 1.13 bits per heavy atom. The molecule has 162 valence electrons. The summed E-state index contributed by atoms with van der Waals surface area (Å²) in [6, 6.07) is 3.91. The molecule has 3 rings (SSSR count). The lowest BCUT2D eigenvalue weighted by atomic mass is 9.95. The van der Waals surface area contributed by atoms with Crippen LogP contribution in [-0.2, 0) is 17.6 Å². The number of rotatable bonds is 7. The maximum atomic E-state index is 12.8. The van der Waals surface area contributed by atoms with E-state index >= 15 is 0 Å². The highest BCUT2D eigenvalue weighted by atomic mass is 32.1. The maximum Gasteiger partial charge on any atom is 0.387 e. The number of fused-ring (bicyclic) bond motifs is 1. The van der Waals surface area contributed by atoms with Crippen LogP contribution in [0, 0.1) is 0 Å². The van der Waals surface area contributed by atoms with Gasteiger partial charge in [-0.05, 0) is 63.3 Å². The molecule has 0 radical (unpaired) electrons. The first-order valence-electron chi connectivity index (χ1n) is 9.59. The number of esters is 1. The summed E-state index contributed by atoms with van der Waals surface area (Å²) in [5, 5.41) is 3.22. The number of nitrogens with one attached hydrogen (secondary N) is 1. The third-order valence-corrected chi connectivity index (χ3v) is 5.79. The molecule has 0 saturated carbocycles. The maximum absolute atomic E-state index is 12.8. The largest absolute Gasteiger partial charge is 0.493 e. The summed E-state index contributed by atoms with van der Waals surface area (Å²) in [6.45, 7) is 0.527. The fourth-order valence-electron chi connectivity index (χ4n) is 3.32. The Morgan fingerprint density at radius 2 is 1.87 bits per heavy atom. The number of alkyl halides is 2. The highest BCUT2D eigenvalue weighted by molar-refractivity contribution is 7.17. The van der Waals surface area contributed by atoms with Crippen LogP contribution in [-0.4, -0.2) is 31.7 Å². The van der Waals surface area contributed by atoms with E-state index in [0.29, 0.717) is 10.6 Å². The average molecular weight is 439 g/mol. The highest BCUT2D eigenvalue weighted by Crippen LogP contribution is 2.39. The predicted molar refractivity (Wildman–Crippen MR) is 109 cm³/mol. The van der Waals surface area contributed by atoms with Gasteiger partial charge in [0.25, 0.3) is 5.91 Å². The van der Waals surface area contributed by atoms with Crippen molar-refractivity contribution in [3.8, 4) is 11.5 Å². The second-order valence-corrected chi connectivity index (χ2v) is 8.17. The molecule has 1 amide bonds. The Morgan fingerprint density at radius 3 is 2.53 bits per heavy atom. The van der Waals surface area contributed by atoms with Gasteiger partial charge < -0.3 is 19.5 Å². The molecule has 1 aromatic carbocycles. The van der Waals surface area contributed by atoms with Gasteiger partial charge in [-0.1, -0.05) is 0 Å². The minimum atomic E-state index is -3.01. The summed E-state index contributed by atoms with van der Waals surface area (Å²) in [5.74, 6) is -1.11. The molecule has 0 saturated heterocycles. The van der Waals surface area contributed by atoms with Crippen LogP contribution >= 0.6 is 11.3 Å². The Hall–Kier alpha value is -2.68. The Bertz CT molecular complexity index is 942. The third-order valence-electron chi connectivity index (χ3n) is 4.59. The predicted octanol–water partition coefficient (Wildman–Crippen LogP) is 5.05. The van der Waals surface area contributed by atoms with Gasteiger partial charge in [-0.2, -0.15) is 8.78 Å². The van der Waals surface area contributed by atoms with Crippen molar-refractivity contribution >= 4 is 28.2 Å². The van der Waals surface area contributed by atoms with Gasteiger partial charge in [-0.15, -0.1) is 11.3 Å². The summed E-state index contributed by atoms with van der Waals surface area (Å²) in [6.07, 6.45) is 3.33. The highest BCUT2D eigenvalue weighted by Gasteiger charge is 2.28. The summed E-state index contributed by atoms with van der Waals surface area (Å²) in [7, 11) is 1.29. The van der Waals surface area contributed by atoms with Gasteiger partial charge in [-0.25, -0.2) is 4.79 Å². The number of anilines is 1. The third kappa shape index (κ3) is 4.89. The van der Waals surface area contributed by atoms with Crippen LogP contribution in [0.15, 0.2) is 18.2 Å². The first-order chi connectivity index (χ1) is 14.3. The topological polar surface area (TPSA) is 73.9 Å². The number of halogens is 2. The summed E-state index contributed by atoms with van der Waals surface area (Å²) < 4.78 is 39.8. The minimum absolute atomic E-state index is 0.00728. The van der Waals surface area contributed by atoms with Gasteiger partial charge in [0.05, 0.1) is 18.8 Å². The van der Waals surface area contributed by atoms with Gasteiger partial charge in [0, 0.05) is 10.4 Å². The molecule has 1 aliphatic rings. The monoisotopic (exact) mass is 439 g/mol. The Balaban J connectivity index is 1.89. The lowest BCUT2D eigenvalue weighted by Crippen LogP contribution is -2.18. The first-order valence-corrected chi connectivity index (χ1v) is 10.4. The molecule has 2 aromatic rings. The van der Waals surface area contributed by atoms with Crippen LogP contribution in [0.2, 0.25) is 0 Å². The number of benzene rings is 1. The zero-order chi connectivity index (χ0) is 21.8. The van der Waals surface area contributed by atoms with Gasteiger partial charge in [0.1, 0.15) is 5.00 Å². The Kier molecular flexibility index (Phi) is 6.91. The number of ether oxygens (including phenoxy) is 3. The van der Waals surface area contributed by atoms with Gasteiger partial charge in [-0.3, -0.25) is 4.79 Å². The van der Waals surface area contributed by atoms with Crippen molar-refractivity contribution in [2.75, 3.05) is 12.4 Å². The molecule has 0 bridgehead atoms. The average Bonchev–Trinajstić information content (AvgIpc) is 3.05. The van der Waals surface area contributed by atoms with Crippen LogP contribution in [0.3, 0.4) is 0 Å². The zero-order valence-corrected chi connectivity index (χ0v) is 17.7. The number of thiophene rings is 1. The van der Waals surface area contributed by atoms with E-state index in [9.17, 15) is 18.4 Å². The number of carbonyl (C=O) groups excluding carboxylic acids is 2. The Labute approximate surface area is 177 Å². The molecular weight excluding hydrogens is 416 g/mol. The molecule has 0 unspecified atom stereocenters. The standard InChI is InChI=1S/C21H23F2NO5S/c1-11(2)28-20(26)17-13-6-4-5-7-16(13)30-19(17)24-18(25)12-8-9-14(29-21(22)23)15(10-12)27-3/h8-11,21H,4-7H2,1-3H3,(H,24,25). The number of hydrogen-bond acceptors (Lipinski definition) is 6. The fraction of sp³-hybridized carbons (Fsp3) is 0.429. The van der Waals surface area contributed by atoms with Crippen molar-refractivity contribution in [3.05, 3.63) is 39.8 Å². The molecule has 0 aliphatic heterocycles. The van der Waals surface area contributed by atoms with E-state index in [0.717, 1.165) is 36.1 Å². The van der Waals surface area contributed by atoms with Crippen molar-refractivity contribution in [1.82, 2.24) is 0 Å². The number of carbonyl (C=O) groups is 2. The summed E-state index contributed by atoms with van der Waals surface area (Å²) in [4.78, 5) is 26.6. The van der Waals surface area contributed by atoms with Crippen molar-refractivity contribution in [1.29, 1.82) is 0 Å². The lowest BCUT2D eigenvalue weighted by Gasteiger charge is -2.14. The second-order valence-electron chi connectivity index (χ2n) is 7.07. The fourth-order valence-corrected chi connectivity index (χ4v) is 4.59. The molecule has 0 fully saturated rings. The molecule has 1 heterocycles. The molecule has 1 N–H and O–H groups in total. The second kappa shape index (κ2) is 9.42. The smallest absolute Gasteiger partial charge is 0.387 e. The van der Waals surface area contributed by atoms with Gasteiger partial charge in [0.15, 0.2) is 11.5 Å². The van der Waals surface area contributed by atoms with Crippen LogP contribution in [0.5, 0.6) is 11.5 Å². The molecule has 0 atom stereocenters. The van der Waals surface area contributed by atoms with Crippen LogP contribution in [0.4, 0.5) is 13.8 Å². The first kappa shape index (κ1) is 22.0. The van der Waals surface area contributed by atoms with E-state index < -0.39 is 18.5 Å². The number of methoxy groups -OCH3 is 1. The van der Waals surface area contributed by atoms with E-state index in [4.69, 9.17) is 9.47 Å². The van der Waals surface area contributed by atoms with E-state index in [2.05, 4.69) is 10.1 Å². The lowest BCUT2D eigenvalue weighted by molar-refractivity contribution is -0.0512. The molecule has 9 heteroatoms. The van der Waals surface area contributed by atoms with Crippen LogP contribution in [0.25, 0.3) is 0 Å². The number of amides is 1. The number of hydrogen-bond donors (Lipinski definition) is 1. The van der Waals surface area contributed by atoms with Gasteiger partial charge >= 0.3 is 12.6 Å². The van der Waals surface area contributed by atoms with E-state index in [-0.39, 0.29) is 23.2 Å². The van der Waals surface area contributed by atoms with Gasteiger partial charge in [0.2, 0.25) is 0 Å². The molecule has 0 spiro atoms. The minimum Gasteiger partial charge on any atom is -0.493 e. The SMILES string of the molecule is COc1cc(C(=O)Nc2sc3c(c2C(=O)OC(C)C)CCCC3)ccc1OC(F)F. The van der Waals surface area contributed by atoms with E-state index in [1.54, 1.807) is 13.8 Å². The van der Waals surface area contributed by atoms with Crippen LogP contribution < -0.4 is 14.8 Å². The molecule has 30 heavy (non-hydrogen) atoms. The van der Waals surface area contributed by atoms with Crippen molar-refractivity contribution in [2.24, 2.45) is 0 Å². The van der Waals surface area contributed by atoms with E-state index in [1.807, 2.05) is 0 Å². The van der Waals surface area contributed by atoms with Crippen LogP contribution in [0.1, 0.15) is 57.8 Å². The summed E-state index contributed by atoms with van der Waals surface area (Å²) in [5.41, 5.74) is 1.52. The molecular formula is C21H23F2NO5S. The molecule has 1 aromatic heterocycles. The molecule has 1 aliphatic carbocycles. The summed E-state index contributed by atoms with van der Waals surface area (Å²) >= 11 is 1.37. The quantitative estimate of drug-likeness (QED) is 0.611. The number of aryl methyl sites for hydroxylation is 1. The van der Waals surface area contributed by atoms with E-state index in [1.165, 1.54) is 36.6 Å². The molecule has 6 nitrogen and oxygen atoms in total. The van der Waals surface area contributed by atoms with Crippen molar-refractivity contribution in [2.45, 2.75) is 52.2 Å². The van der Waals surface area contributed by atoms with Crippen molar-refractivity contribution in [3.63, 3.8) is 0 Å². The zero-order valence-electron chi connectivity index (χ0n) is 16.9. The normalized spacial score (nSPS) is 13.2.